The van der Waals surface area contributed by atoms with Gasteiger partial charge < -0.3 is 15.4 Å². The molecule has 0 aliphatic rings. The van der Waals surface area contributed by atoms with Gasteiger partial charge in [0, 0.05) is 12.6 Å². The summed E-state index contributed by atoms with van der Waals surface area (Å²) in [7, 11) is 1.50. The lowest BCUT2D eigenvalue weighted by molar-refractivity contribution is 0.0531. The molecule has 6 nitrogen and oxygen atoms in total. The van der Waals surface area contributed by atoms with Gasteiger partial charge in [0.15, 0.2) is 0 Å². The maximum Gasteiger partial charge on any atom is 0.348 e. The molecule has 2 rings (SSSR count). The molecule has 1 aromatic heterocycles. The maximum absolute atomic E-state index is 12.7. The summed E-state index contributed by atoms with van der Waals surface area (Å²) >= 11 is 1.04. The van der Waals surface area contributed by atoms with E-state index in [0.29, 0.717) is 21.0 Å². The third kappa shape index (κ3) is 3.94. The fraction of sp³-hybridized carbons (Fsp3) is 0.316. The molecule has 0 unspecified atom stereocenters. The van der Waals surface area contributed by atoms with Gasteiger partial charge in [-0.1, -0.05) is 17.7 Å². The Morgan fingerprint density at radius 3 is 2.38 bits per heavy atom. The molecular formula is C19H22N2O4S. The highest BCUT2D eigenvalue weighted by Crippen LogP contribution is 2.34. The molecule has 2 aromatic rings. The zero-order valence-corrected chi connectivity index (χ0v) is 16.3. The minimum atomic E-state index is -0.507. The highest BCUT2D eigenvalue weighted by atomic mass is 32.1. The zero-order valence-electron chi connectivity index (χ0n) is 15.5. The second-order valence-electron chi connectivity index (χ2n) is 5.83. The number of nitrogens with one attached hydrogen (secondary N) is 2. The van der Waals surface area contributed by atoms with Crippen LogP contribution in [0.5, 0.6) is 0 Å². The highest BCUT2D eigenvalue weighted by molar-refractivity contribution is 7.18. The number of thiophene rings is 1. The Kier molecular flexibility index (Phi) is 6.15. The van der Waals surface area contributed by atoms with Crippen molar-refractivity contribution in [2.24, 2.45) is 0 Å². The number of amides is 2. The van der Waals surface area contributed by atoms with E-state index < -0.39 is 5.97 Å². The summed E-state index contributed by atoms with van der Waals surface area (Å²) in [6.45, 7) is 7.41. The smallest absolute Gasteiger partial charge is 0.348 e. The molecule has 0 fully saturated rings. The summed E-state index contributed by atoms with van der Waals surface area (Å²) in [5.74, 6) is -1.21. The molecule has 2 amide bonds. The van der Waals surface area contributed by atoms with E-state index in [-0.39, 0.29) is 24.0 Å². The molecule has 138 valence electrons. The molecule has 0 aliphatic heterocycles. The molecule has 7 heteroatoms. The van der Waals surface area contributed by atoms with Gasteiger partial charge in [0.1, 0.15) is 9.88 Å². The number of hydrogen-bond acceptors (Lipinski definition) is 5. The zero-order chi connectivity index (χ0) is 19.4. The van der Waals surface area contributed by atoms with E-state index in [1.165, 1.54) is 7.05 Å². The Balaban J connectivity index is 2.44. The maximum atomic E-state index is 12.7. The standard InChI is InChI=1S/C19H22N2O4S/c1-6-25-19(24)15-12(4)14(17(23)20-5)18(26-15)21-16(22)13-8-7-10(2)9-11(13)3/h7-9H,6H2,1-5H3,(H,20,23)(H,21,22). The minimum Gasteiger partial charge on any atom is -0.462 e. The summed E-state index contributed by atoms with van der Waals surface area (Å²) in [5.41, 5.74) is 3.18. The van der Waals surface area contributed by atoms with Gasteiger partial charge in [-0.2, -0.15) is 0 Å². The monoisotopic (exact) mass is 374 g/mol. The van der Waals surface area contributed by atoms with E-state index in [2.05, 4.69) is 10.6 Å². The summed E-state index contributed by atoms with van der Waals surface area (Å²) < 4.78 is 5.04. The molecular weight excluding hydrogens is 352 g/mol. The Morgan fingerprint density at radius 2 is 1.81 bits per heavy atom. The van der Waals surface area contributed by atoms with Crippen molar-refractivity contribution in [1.82, 2.24) is 5.32 Å². The topological polar surface area (TPSA) is 84.5 Å². The molecule has 26 heavy (non-hydrogen) atoms. The average molecular weight is 374 g/mol. The molecule has 0 spiro atoms. The minimum absolute atomic E-state index is 0.232. The van der Waals surface area contributed by atoms with Crippen LogP contribution in [-0.2, 0) is 4.74 Å². The normalized spacial score (nSPS) is 10.3. The molecule has 0 saturated carbocycles. The molecule has 0 atom stereocenters. The van der Waals surface area contributed by atoms with Gasteiger partial charge in [-0.25, -0.2) is 4.79 Å². The van der Waals surface area contributed by atoms with E-state index in [1.807, 2.05) is 26.0 Å². The van der Waals surface area contributed by atoms with Gasteiger partial charge in [-0.15, -0.1) is 11.3 Å². The Bertz CT molecular complexity index is 871. The van der Waals surface area contributed by atoms with E-state index in [1.54, 1.807) is 19.9 Å². The van der Waals surface area contributed by atoms with E-state index in [0.717, 1.165) is 22.5 Å². The van der Waals surface area contributed by atoms with Crippen LogP contribution in [0.25, 0.3) is 0 Å². The Morgan fingerprint density at radius 1 is 1.12 bits per heavy atom. The fourth-order valence-electron chi connectivity index (χ4n) is 2.63. The van der Waals surface area contributed by atoms with Gasteiger partial charge in [0.25, 0.3) is 11.8 Å². The van der Waals surface area contributed by atoms with Gasteiger partial charge in [0.05, 0.1) is 12.2 Å². The van der Waals surface area contributed by atoms with Crippen molar-refractivity contribution in [3.8, 4) is 0 Å². The first-order valence-electron chi connectivity index (χ1n) is 8.21. The van der Waals surface area contributed by atoms with E-state index in [9.17, 15) is 14.4 Å². The van der Waals surface area contributed by atoms with Crippen LogP contribution >= 0.6 is 11.3 Å². The number of ether oxygens (including phenoxy) is 1. The van der Waals surface area contributed by atoms with E-state index in [4.69, 9.17) is 4.74 Å². The van der Waals surface area contributed by atoms with Gasteiger partial charge in [0.2, 0.25) is 0 Å². The molecule has 1 heterocycles. The van der Waals surface area contributed by atoms with Crippen molar-refractivity contribution >= 4 is 34.1 Å². The third-order valence-corrected chi connectivity index (χ3v) is 5.10. The van der Waals surface area contributed by atoms with Crippen LogP contribution in [0.15, 0.2) is 18.2 Å². The second kappa shape index (κ2) is 8.14. The average Bonchev–Trinajstić information content (AvgIpc) is 2.90. The van der Waals surface area contributed by atoms with Crippen LogP contribution in [0, 0.1) is 20.8 Å². The Labute approximate surface area is 156 Å². The van der Waals surface area contributed by atoms with Crippen LogP contribution < -0.4 is 10.6 Å². The van der Waals surface area contributed by atoms with Crippen LogP contribution in [0.2, 0.25) is 0 Å². The summed E-state index contributed by atoms with van der Waals surface area (Å²) in [6.07, 6.45) is 0. The molecule has 0 bridgehead atoms. The molecule has 2 N–H and O–H groups in total. The number of anilines is 1. The fourth-order valence-corrected chi connectivity index (χ4v) is 3.72. The number of hydrogen-bond donors (Lipinski definition) is 2. The number of aryl methyl sites for hydroxylation is 2. The summed E-state index contributed by atoms with van der Waals surface area (Å²) in [6, 6.07) is 5.51. The van der Waals surface area contributed by atoms with Crippen molar-refractivity contribution in [3.63, 3.8) is 0 Å². The van der Waals surface area contributed by atoms with Crippen molar-refractivity contribution in [2.45, 2.75) is 27.7 Å². The molecule has 0 saturated heterocycles. The predicted octanol–water partition coefficient (Wildman–Crippen LogP) is 3.46. The van der Waals surface area contributed by atoms with Gasteiger partial charge in [-0.05, 0) is 44.9 Å². The SMILES string of the molecule is CCOC(=O)c1sc(NC(=O)c2ccc(C)cc2C)c(C(=O)NC)c1C. The van der Waals surface area contributed by atoms with Crippen LogP contribution in [0.3, 0.4) is 0 Å². The van der Waals surface area contributed by atoms with Gasteiger partial charge >= 0.3 is 5.97 Å². The van der Waals surface area contributed by atoms with E-state index >= 15 is 0 Å². The molecule has 0 aliphatic carbocycles. The quantitative estimate of drug-likeness (QED) is 0.785. The number of rotatable bonds is 5. The predicted molar refractivity (Wildman–Crippen MR) is 102 cm³/mol. The van der Waals surface area contributed by atoms with Crippen LogP contribution in [0.4, 0.5) is 5.00 Å². The van der Waals surface area contributed by atoms with Crippen molar-refractivity contribution < 1.29 is 19.1 Å². The van der Waals surface area contributed by atoms with Crippen LogP contribution in [0.1, 0.15) is 54.0 Å². The lowest BCUT2D eigenvalue weighted by Gasteiger charge is -2.09. The van der Waals surface area contributed by atoms with Crippen molar-refractivity contribution in [2.75, 3.05) is 19.0 Å². The molecule has 0 radical (unpaired) electrons. The second-order valence-corrected chi connectivity index (χ2v) is 6.85. The Hall–Kier alpha value is -2.67. The van der Waals surface area contributed by atoms with Crippen molar-refractivity contribution in [3.05, 3.63) is 50.9 Å². The molecule has 1 aromatic carbocycles. The number of benzene rings is 1. The number of carbonyl (C=O) groups is 3. The van der Waals surface area contributed by atoms with Gasteiger partial charge in [-0.3, -0.25) is 9.59 Å². The number of esters is 1. The summed E-state index contributed by atoms with van der Waals surface area (Å²) in [4.78, 5) is 37.4. The first kappa shape index (κ1) is 19.7. The highest BCUT2D eigenvalue weighted by Gasteiger charge is 2.26. The lowest BCUT2D eigenvalue weighted by Crippen LogP contribution is -2.21. The largest absolute Gasteiger partial charge is 0.462 e. The first-order valence-corrected chi connectivity index (χ1v) is 9.03. The van der Waals surface area contributed by atoms with Crippen molar-refractivity contribution in [1.29, 1.82) is 0 Å². The summed E-state index contributed by atoms with van der Waals surface area (Å²) in [5, 5.41) is 5.64. The number of carbonyl (C=O) groups excluding carboxylic acids is 3. The lowest BCUT2D eigenvalue weighted by atomic mass is 10.1. The first-order chi connectivity index (χ1) is 12.3. The third-order valence-electron chi connectivity index (χ3n) is 3.92. The van der Waals surface area contributed by atoms with Crippen LogP contribution in [-0.4, -0.2) is 31.4 Å².